The fourth-order valence-electron chi connectivity index (χ4n) is 1.16. The minimum absolute atomic E-state index is 0. The number of carbonyl (C=O) groups excluding carboxylic acids is 2. The molecule has 0 bridgehead atoms. The smallest absolute Gasteiger partial charge is 0.203 e. The summed E-state index contributed by atoms with van der Waals surface area (Å²) in [6, 6.07) is 0. The molecule has 0 heterocycles. The molecule has 0 aliphatic carbocycles. The normalized spacial score (nSPS) is 12.9. The SMILES string of the molecule is CCCC(C)C(=O)C(=O)C(C)(C)C.[Ag]. The third-order valence-electron chi connectivity index (χ3n) is 2.07. The predicted molar refractivity (Wildman–Crippen MR) is 53.5 cm³/mol. The maximum Gasteiger partial charge on any atom is 0.203 e. The van der Waals surface area contributed by atoms with Crippen LogP contribution in [0, 0.1) is 11.3 Å². The maximum atomic E-state index is 11.5. The molecular formula is C11H20AgO2. The van der Waals surface area contributed by atoms with Gasteiger partial charge >= 0.3 is 0 Å². The molecule has 1 unspecified atom stereocenters. The Bertz CT molecular complexity index is 204. The summed E-state index contributed by atoms with van der Waals surface area (Å²) in [6.07, 6.45) is 1.75. The summed E-state index contributed by atoms with van der Waals surface area (Å²) < 4.78 is 0. The first kappa shape index (κ1) is 16.5. The van der Waals surface area contributed by atoms with Gasteiger partial charge in [0.25, 0.3) is 0 Å². The van der Waals surface area contributed by atoms with E-state index in [1.165, 1.54) is 0 Å². The first-order chi connectivity index (χ1) is 5.80. The molecule has 0 rings (SSSR count). The topological polar surface area (TPSA) is 34.1 Å². The Morgan fingerprint density at radius 1 is 1.21 bits per heavy atom. The second kappa shape index (κ2) is 6.54. The van der Waals surface area contributed by atoms with Crippen LogP contribution in [-0.4, -0.2) is 11.6 Å². The maximum absolute atomic E-state index is 11.5. The Kier molecular flexibility index (Phi) is 7.72. The number of rotatable bonds is 4. The van der Waals surface area contributed by atoms with Gasteiger partial charge in [-0.3, -0.25) is 9.59 Å². The number of Topliss-reactive ketones (excluding diaryl/α,β-unsaturated/α-hetero) is 2. The van der Waals surface area contributed by atoms with E-state index in [-0.39, 0.29) is 39.9 Å². The minimum Gasteiger partial charge on any atom is -0.291 e. The van der Waals surface area contributed by atoms with E-state index in [1.807, 2.05) is 13.8 Å². The molecule has 0 N–H and O–H groups in total. The summed E-state index contributed by atoms with van der Waals surface area (Å²) in [7, 11) is 0. The zero-order valence-corrected chi connectivity index (χ0v) is 11.1. The van der Waals surface area contributed by atoms with E-state index < -0.39 is 5.41 Å². The molecule has 0 spiro atoms. The van der Waals surface area contributed by atoms with Crippen molar-refractivity contribution in [2.24, 2.45) is 11.3 Å². The molecule has 0 saturated carbocycles. The van der Waals surface area contributed by atoms with Crippen LogP contribution in [0.2, 0.25) is 0 Å². The van der Waals surface area contributed by atoms with Crippen LogP contribution >= 0.6 is 0 Å². The summed E-state index contributed by atoms with van der Waals surface area (Å²) >= 11 is 0. The van der Waals surface area contributed by atoms with Gasteiger partial charge in [-0.1, -0.05) is 41.0 Å². The van der Waals surface area contributed by atoms with Crippen LogP contribution in [0.25, 0.3) is 0 Å². The van der Waals surface area contributed by atoms with Gasteiger partial charge in [0.05, 0.1) is 0 Å². The van der Waals surface area contributed by atoms with Crippen molar-refractivity contribution in [2.45, 2.75) is 47.5 Å². The number of ketones is 2. The number of hydrogen-bond acceptors (Lipinski definition) is 2. The quantitative estimate of drug-likeness (QED) is 0.589. The van der Waals surface area contributed by atoms with Crippen LogP contribution in [0.1, 0.15) is 47.5 Å². The largest absolute Gasteiger partial charge is 0.291 e. The Labute approximate surface area is 102 Å². The van der Waals surface area contributed by atoms with Gasteiger partial charge in [0.15, 0.2) is 0 Å². The summed E-state index contributed by atoms with van der Waals surface area (Å²) in [5.41, 5.74) is -0.529. The average molecular weight is 292 g/mol. The van der Waals surface area contributed by atoms with Gasteiger partial charge in [0.2, 0.25) is 11.6 Å². The molecule has 14 heavy (non-hydrogen) atoms. The van der Waals surface area contributed by atoms with Crippen molar-refractivity contribution >= 4 is 11.6 Å². The molecule has 0 amide bonds. The zero-order valence-electron chi connectivity index (χ0n) is 9.61. The van der Waals surface area contributed by atoms with Gasteiger partial charge in [0, 0.05) is 33.7 Å². The molecule has 1 radical (unpaired) electrons. The molecule has 87 valence electrons. The first-order valence-corrected chi connectivity index (χ1v) is 4.89. The van der Waals surface area contributed by atoms with E-state index in [1.54, 1.807) is 20.8 Å². The van der Waals surface area contributed by atoms with Crippen LogP contribution in [0.15, 0.2) is 0 Å². The van der Waals surface area contributed by atoms with Crippen LogP contribution in [0.4, 0.5) is 0 Å². The fraction of sp³-hybridized carbons (Fsp3) is 0.818. The summed E-state index contributed by atoms with van der Waals surface area (Å²) in [6.45, 7) is 9.20. The average Bonchev–Trinajstić information content (AvgIpc) is 2.00. The number of carbonyl (C=O) groups is 2. The summed E-state index contributed by atoms with van der Waals surface area (Å²) in [5.74, 6) is -0.570. The van der Waals surface area contributed by atoms with Gasteiger partial charge < -0.3 is 0 Å². The van der Waals surface area contributed by atoms with Crippen molar-refractivity contribution in [1.29, 1.82) is 0 Å². The van der Waals surface area contributed by atoms with Crippen molar-refractivity contribution in [3.8, 4) is 0 Å². The van der Waals surface area contributed by atoms with E-state index in [2.05, 4.69) is 0 Å². The first-order valence-electron chi connectivity index (χ1n) is 4.89. The molecule has 0 fully saturated rings. The third-order valence-corrected chi connectivity index (χ3v) is 2.07. The third kappa shape index (κ3) is 5.08. The Morgan fingerprint density at radius 3 is 1.93 bits per heavy atom. The van der Waals surface area contributed by atoms with Crippen LogP contribution < -0.4 is 0 Å². The molecule has 0 aliphatic heterocycles. The Balaban J connectivity index is 0. The van der Waals surface area contributed by atoms with E-state index in [9.17, 15) is 9.59 Å². The van der Waals surface area contributed by atoms with Crippen molar-refractivity contribution in [3.05, 3.63) is 0 Å². The summed E-state index contributed by atoms with van der Waals surface area (Å²) in [4.78, 5) is 23.1. The van der Waals surface area contributed by atoms with Crippen LogP contribution in [0.3, 0.4) is 0 Å². The fourth-order valence-corrected chi connectivity index (χ4v) is 1.16. The second-order valence-electron chi connectivity index (χ2n) is 4.63. The van der Waals surface area contributed by atoms with Crippen molar-refractivity contribution < 1.29 is 32.0 Å². The number of hydrogen-bond donors (Lipinski definition) is 0. The Morgan fingerprint density at radius 2 is 1.64 bits per heavy atom. The molecule has 0 aromatic heterocycles. The van der Waals surface area contributed by atoms with Gasteiger partial charge in [-0.25, -0.2) is 0 Å². The van der Waals surface area contributed by atoms with Crippen LogP contribution in [-0.2, 0) is 32.0 Å². The second-order valence-corrected chi connectivity index (χ2v) is 4.63. The van der Waals surface area contributed by atoms with E-state index >= 15 is 0 Å². The zero-order chi connectivity index (χ0) is 10.6. The Hall–Kier alpha value is 0.0803. The van der Waals surface area contributed by atoms with Crippen molar-refractivity contribution in [2.75, 3.05) is 0 Å². The summed E-state index contributed by atoms with van der Waals surface area (Å²) in [5, 5.41) is 0. The minimum atomic E-state index is -0.529. The molecule has 1 atom stereocenters. The standard InChI is InChI=1S/C11H20O2.Ag/c1-6-7-8(2)9(12)10(13)11(3,4)5;/h8H,6-7H2,1-5H3;. The molecule has 0 aromatic carbocycles. The van der Waals surface area contributed by atoms with Crippen LogP contribution in [0.5, 0.6) is 0 Å². The van der Waals surface area contributed by atoms with E-state index in [4.69, 9.17) is 0 Å². The molecular weight excluding hydrogens is 272 g/mol. The van der Waals surface area contributed by atoms with Crippen molar-refractivity contribution in [3.63, 3.8) is 0 Å². The van der Waals surface area contributed by atoms with E-state index in [0.29, 0.717) is 0 Å². The molecule has 0 aliphatic rings. The predicted octanol–water partition coefficient (Wildman–Crippen LogP) is 2.60. The molecule has 3 heteroatoms. The molecule has 0 saturated heterocycles. The molecule has 0 aromatic rings. The molecule has 2 nitrogen and oxygen atoms in total. The van der Waals surface area contributed by atoms with Gasteiger partial charge in [-0.05, 0) is 6.42 Å². The van der Waals surface area contributed by atoms with Gasteiger partial charge in [-0.15, -0.1) is 0 Å². The van der Waals surface area contributed by atoms with Crippen molar-refractivity contribution in [1.82, 2.24) is 0 Å². The van der Waals surface area contributed by atoms with Gasteiger partial charge in [-0.2, -0.15) is 0 Å². The monoisotopic (exact) mass is 291 g/mol. The van der Waals surface area contributed by atoms with Gasteiger partial charge in [0.1, 0.15) is 0 Å². The van der Waals surface area contributed by atoms with E-state index in [0.717, 1.165) is 12.8 Å².